The van der Waals surface area contributed by atoms with Gasteiger partial charge >= 0.3 is 0 Å². The molecule has 0 atom stereocenters. The van der Waals surface area contributed by atoms with Crippen LogP contribution in [-0.4, -0.2) is 10.9 Å². The van der Waals surface area contributed by atoms with E-state index in [1.54, 1.807) is 0 Å². The zero-order valence-electron chi connectivity index (χ0n) is 10.4. The molecule has 2 N–H and O–H groups in total. The number of hydrogen-bond acceptors (Lipinski definition) is 4. The third kappa shape index (κ3) is 2.56. The van der Waals surface area contributed by atoms with Gasteiger partial charge in [-0.15, -0.1) is 11.3 Å². The molecule has 96 valence electrons. The van der Waals surface area contributed by atoms with Crippen molar-refractivity contribution in [3.63, 3.8) is 0 Å². The second-order valence-electron chi connectivity index (χ2n) is 3.99. The highest BCUT2D eigenvalue weighted by atomic mass is 32.1. The van der Waals surface area contributed by atoms with Gasteiger partial charge < -0.3 is 10.3 Å². The molecule has 2 aromatic rings. The van der Waals surface area contributed by atoms with Gasteiger partial charge in [0.05, 0.1) is 11.1 Å². The van der Waals surface area contributed by atoms with Crippen LogP contribution in [0.2, 0.25) is 0 Å². The first-order chi connectivity index (χ1) is 9.02. The maximum Gasteiger partial charge on any atom is 0.257 e. The SMILES string of the molecule is Cc1sc(NC(=O)c2ccc(=O)[nH]c2)c(C#N)c1C. The third-order valence-corrected chi connectivity index (χ3v) is 3.89. The second-order valence-corrected chi connectivity index (χ2v) is 5.22. The lowest BCUT2D eigenvalue weighted by Gasteiger charge is -2.02. The average Bonchev–Trinajstić information content (AvgIpc) is 2.65. The molecular weight excluding hydrogens is 262 g/mol. The van der Waals surface area contributed by atoms with Crippen molar-refractivity contribution < 1.29 is 4.79 Å². The summed E-state index contributed by atoms with van der Waals surface area (Å²) < 4.78 is 0. The molecule has 0 saturated heterocycles. The molecule has 0 radical (unpaired) electrons. The number of rotatable bonds is 2. The molecule has 0 bridgehead atoms. The summed E-state index contributed by atoms with van der Waals surface area (Å²) in [7, 11) is 0. The topological polar surface area (TPSA) is 85.8 Å². The molecule has 0 unspecified atom stereocenters. The summed E-state index contributed by atoms with van der Waals surface area (Å²) >= 11 is 1.37. The lowest BCUT2D eigenvalue weighted by molar-refractivity contribution is 0.102. The van der Waals surface area contributed by atoms with E-state index in [4.69, 9.17) is 5.26 Å². The summed E-state index contributed by atoms with van der Waals surface area (Å²) in [4.78, 5) is 26.3. The fourth-order valence-electron chi connectivity index (χ4n) is 1.58. The molecule has 0 spiro atoms. The predicted molar refractivity (Wildman–Crippen MR) is 73.5 cm³/mol. The van der Waals surface area contributed by atoms with Crippen molar-refractivity contribution in [3.05, 3.63) is 50.3 Å². The van der Waals surface area contributed by atoms with Crippen LogP contribution in [0.4, 0.5) is 5.00 Å². The van der Waals surface area contributed by atoms with Crippen LogP contribution in [0.1, 0.15) is 26.4 Å². The number of aromatic nitrogens is 1. The normalized spacial score (nSPS) is 9.95. The summed E-state index contributed by atoms with van der Waals surface area (Å²) in [6.45, 7) is 3.75. The van der Waals surface area contributed by atoms with E-state index in [-0.39, 0.29) is 11.5 Å². The standard InChI is InChI=1S/C13H11N3O2S/c1-7-8(2)19-13(10(7)5-14)16-12(18)9-3-4-11(17)15-6-9/h3-4,6H,1-2H3,(H,15,17)(H,16,18). The Bertz CT molecular complexity index is 717. The Hall–Kier alpha value is -2.39. The van der Waals surface area contributed by atoms with Gasteiger partial charge in [-0.1, -0.05) is 0 Å². The average molecular weight is 273 g/mol. The minimum absolute atomic E-state index is 0.267. The van der Waals surface area contributed by atoms with Gasteiger partial charge in [0.2, 0.25) is 5.56 Å². The molecule has 0 aromatic carbocycles. The maximum absolute atomic E-state index is 12.0. The zero-order valence-corrected chi connectivity index (χ0v) is 11.2. The summed E-state index contributed by atoms with van der Waals surface area (Å²) in [5, 5.41) is 12.3. The summed E-state index contributed by atoms with van der Waals surface area (Å²) in [6, 6.07) is 4.81. The van der Waals surface area contributed by atoms with E-state index in [0.29, 0.717) is 16.1 Å². The number of aryl methyl sites for hydroxylation is 1. The van der Waals surface area contributed by atoms with Crippen molar-refractivity contribution >= 4 is 22.2 Å². The lowest BCUT2D eigenvalue weighted by atomic mass is 10.2. The number of H-pyrrole nitrogens is 1. The molecule has 0 aliphatic heterocycles. The number of thiophene rings is 1. The van der Waals surface area contributed by atoms with Crippen molar-refractivity contribution in [1.29, 1.82) is 5.26 Å². The Kier molecular flexibility index (Phi) is 3.49. The molecule has 2 heterocycles. The van der Waals surface area contributed by atoms with Crippen LogP contribution >= 0.6 is 11.3 Å². The molecule has 0 fully saturated rings. The second kappa shape index (κ2) is 5.08. The summed E-state index contributed by atoms with van der Waals surface area (Å²) in [6.07, 6.45) is 1.34. The first-order valence-electron chi connectivity index (χ1n) is 5.53. The van der Waals surface area contributed by atoms with Gasteiger partial charge in [0.1, 0.15) is 11.1 Å². The molecule has 0 aliphatic rings. The van der Waals surface area contributed by atoms with Crippen molar-refractivity contribution in [3.8, 4) is 6.07 Å². The van der Waals surface area contributed by atoms with E-state index in [2.05, 4.69) is 16.4 Å². The number of carbonyl (C=O) groups excluding carboxylic acids is 1. The summed E-state index contributed by atoms with van der Waals surface area (Å²) in [5.41, 5.74) is 1.44. The van der Waals surface area contributed by atoms with E-state index in [1.807, 2.05) is 13.8 Å². The highest BCUT2D eigenvalue weighted by molar-refractivity contribution is 7.16. The number of anilines is 1. The maximum atomic E-state index is 12.0. The number of carbonyl (C=O) groups is 1. The Balaban J connectivity index is 2.29. The van der Waals surface area contributed by atoms with Gasteiger partial charge in [-0.25, -0.2) is 0 Å². The Morgan fingerprint density at radius 3 is 2.74 bits per heavy atom. The van der Waals surface area contributed by atoms with E-state index >= 15 is 0 Å². The predicted octanol–water partition coefficient (Wildman–Crippen LogP) is 2.18. The fourth-order valence-corrected chi connectivity index (χ4v) is 2.58. The van der Waals surface area contributed by atoms with Gasteiger partial charge in [0, 0.05) is 17.1 Å². The van der Waals surface area contributed by atoms with E-state index in [9.17, 15) is 9.59 Å². The first-order valence-corrected chi connectivity index (χ1v) is 6.34. The van der Waals surface area contributed by atoms with Crippen LogP contribution in [0.3, 0.4) is 0 Å². The van der Waals surface area contributed by atoms with Crippen LogP contribution in [0.25, 0.3) is 0 Å². The Morgan fingerprint density at radius 2 is 2.16 bits per heavy atom. The van der Waals surface area contributed by atoms with Crippen LogP contribution in [0.5, 0.6) is 0 Å². The molecule has 1 amide bonds. The number of nitrogens with one attached hydrogen (secondary N) is 2. The van der Waals surface area contributed by atoms with Gasteiger partial charge in [0.25, 0.3) is 5.91 Å². The molecule has 0 aliphatic carbocycles. The van der Waals surface area contributed by atoms with Crippen LogP contribution in [0.15, 0.2) is 23.1 Å². The van der Waals surface area contributed by atoms with Crippen LogP contribution in [0, 0.1) is 25.2 Å². The monoisotopic (exact) mass is 273 g/mol. The molecule has 19 heavy (non-hydrogen) atoms. The quantitative estimate of drug-likeness (QED) is 0.879. The van der Waals surface area contributed by atoms with Gasteiger partial charge in [-0.3, -0.25) is 9.59 Å². The molecule has 5 nitrogen and oxygen atoms in total. The van der Waals surface area contributed by atoms with Crippen molar-refractivity contribution in [1.82, 2.24) is 4.98 Å². The van der Waals surface area contributed by atoms with E-state index in [1.165, 1.54) is 29.7 Å². The van der Waals surface area contributed by atoms with Crippen molar-refractivity contribution in [2.45, 2.75) is 13.8 Å². The van der Waals surface area contributed by atoms with Gasteiger partial charge in [-0.05, 0) is 25.5 Å². The number of aromatic amines is 1. The number of amides is 1. The third-order valence-electron chi connectivity index (χ3n) is 2.77. The lowest BCUT2D eigenvalue weighted by Crippen LogP contribution is -2.14. The fraction of sp³-hybridized carbons (Fsp3) is 0.154. The Morgan fingerprint density at radius 1 is 1.42 bits per heavy atom. The molecular formula is C13H11N3O2S. The molecule has 6 heteroatoms. The minimum atomic E-state index is -0.353. The number of nitrogens with zero attached hydrogens (tertiary/aromatic N) is 1. The summed E-state index contributed by atoms with van der Waals surface area (Å²) in [5.74, 6) is -0.353. The van der Waals surface area contributed by atoms with Crippen molar-refractivity contribution in [2.24, 2.45) is 0 Å². The van der Waals surface area contributed by atoms with Gasteiger partial charge in [0.15, 0.2) is 0 Å². The van der Waals surface area contributed by atoms with E-state index < -0.39 is 0 Å². The molecule has 2 aromatic heterocycles. The smallest absolute Gasteiger partial charge is 0.257 e. The minimum Gasteiger partial charge on any atom is -0.328 e. The number of pyridine rings is 1. The van der Waals surface area contributed by atoms with Crippen molar-refractivity contribution in [2.75, 3.05) is 5.32 Å². The first kappa shape index (κ1) is 13.1. The van der Waals surface area contributed by atoms with Gasteiger partial charge in [-0.2, -0.15) is 5.26 Å². The van der Waals surface area contributed by atoms with Crippen LogP contribution < -0.4 is 10.9 Å². The molecule has 2 rings (SSSR count). The number of hydrogen-bond donors (Lipinski definition) is 2. The molecule has 0 saturated carbocycles. The highest BCUT2D eigenvalue weighted by Crippen LogP contribution is 2.31. The Labute approximate surface area is 113 Å². The zero-order chi connectivity index (χ0) is 14.0. The highest BCUT2D eigenvalue weighted by Gasteiger charge is 2.15. The van der Waals surface area contributed by atoms with Crippen LogP contribution in [-0.2, 0) is 0 Å². The number of nitriles is 1. The van der Waals surface area contributed by atoms with E-state index in [0.717, 1.165) is 10.4 Å². The largest absolute Gasteiger partial charge is 0.328 e.